The Labute approximate surface area is 81.1 Å². The van der Waals surface area contributed by atoms with E-state index in [9.17, 15) is 4.79 Å². The molecule has 0 saturated heterocycles. The molecule has 4 heteroatoms. The van der Waals surface area contributed by atoms with E-state index in [1.807, 2.05) is 0 Å². The number of nitrogens with one attached hydrogen (secondary N) is 1. The van der Waals surface area contributed by atoms with Crippen LogP contribution in [-0.2, 0) is 9.63 Å². The first-order chi connectivity index (χ1) is 5.95. The lowest BCUT2D eigenvalue weighted by Crippen LogP contribution is -2.24. The second-order valence-corrected chi connectivity index (χ2v) is 9.80. The van der Waals surface area contributed by atoms with Crippen molar-refractivity contribution in [2.45, 2.75) is 32.1 Å². The highest BCUT2D eigenvalue weighted by Crippen LogP contribution is 2.10. The highest BCUT2D eigenvalue weighted by molar-refractivity contribution is 6.76. The van der Waals surface area contributed by atoms with Crippen LogP contribution < -0.4 is 5.48 Å². The molecule has 0 unspecified atom stereocenters. The summed E-state index contributed by atoms with van der Waals surface area (Å²) >= 11 is 0. The molecule has 1 amide bonds. The molecule has 0 rings (SSSR count). The zero-order valence-electron chi connectivity index (χ0n) is 8.72. The van der Waals surface area contributed by atoms with Crippen molar-refractivity contribution in [2.75, 3.05) is 6.61 Å². The molecule has 0 aliphatic rings. The van der Waals surface area contributed by atoms with E-state index in [1.54, 1.807) is 0 Å². The van der Waals surface area contributed by atoms with E-state index in [2.05, 4.69) is 31.7 Å². The lowest BCUT2D eigenvalue weighted by Gasteiger charge is -2.14. The molecule has 0 saturated carbocycles. The normalized spacial score (nSPS) is 11.0. The number of hydroxylamine groups is 1. The number of amides is 1. The molecule has 0 bridgehead atoms. The van der Waals surface area contributed by atoms with Crippen molar-refractivity contribution in [1.82, 2.24) is 5.48 Å². The van der Waals surface area contributed by atoms with Crippen LogP contribution in [0.3, 0.4) is 0 Å². The molecule has 0 radical (unpaired) electrons. The van der Waals surface area contributed by atoms with E-state index in [1.165, 1.54) is 12.1 Å². The molecule has 0 aliphatic carbocycles. The van der Waals surface area contributed by atoms with Crippen molar-refractivity contribution in [3.8, 4) is 0 Å². The molecule has 0 aliphatic heterocycles. The minimum absolute atomic E-state index is 0.284. The molecule has 3 nitrogen and oxygen atoms in total. The van der Waals surface area contributed by atoms with Gasteiger partial charge in [-0.05, 0) is 12.5 Å². The quantitative estimate of drug-likeness (QED) is 0.309. The third-order valence-electron chi connectivity index (χ3n) is 1.53. The van der Waals surface area contributed by atoms with Gasteiger partial charge in [-0.3, -0.25) is 9.63 Å². The summed E-state index contributed by atoms with van der Waals surface area (Å²) in [6, 6.07) is 1.22. The van der Waals surface area contributed by atoms with Gasteiger partial charge in [0.2, 0.25) is 0 Å². The number of hydrogen-bond acceptors (Lipinski definition) is 2. The molecule has 0 heterocycles. The van der Waals surface area contributed by atoms with Crippen LogP contribution in [0.2, 0.25) is 25.7 Å². The Morgan fingerprint density at radius 2 is 2.15 bits per heavy atom. The highest BCUT2D eigenvalue weighted by Gasteiger charge is 2.11. The van der Waals surface area contributed by atoms with Gasteiger partial charge in [0.15, 0.2) is 0 Å². The standard InChI is InChI=1S/C9H19NO2Si/c1-5-9(11)10-12-7-6-8-13(2,3)4/h5H,1,6-8H2,2-4H3,(H,10,11). The maximum absolute atomic E-state index is 10.6. The van der Waals surface area contributed by atoms with Crippen LogP contribution in [0.1, 0.15) is 6.42 Å². The molecule has 0 spiro atoms. The molecule has 0 atom stereocenters. The maximum Gasteiger partial charge on any atom is 0.266 e. The highest BCUT2D eigenvalue weighted by atomic mass is 28.3. The Kier molecular flexibility index (Phi) is 5.66. The summed E-state index contributed by atoms with van der Waals surface area (Å²) in [5.74, 6) is -0.284. The second-order valence-electron chi connectivity index (χ2n) is 4.18. The number of carbonyl (C=O) groups excluding carboxylic acids is 1. The van der Waals surface area contributed by atoms with Crippen LogP contribution >= 0.6 is 0 Å². The largest absolute Gasteiger partial charge is 0.273 e. The first-order valence-corrected chi connectivity index (χ1v) is 8.20. The third kappa shape index (κ3) is 9.30. The van der Waals surface area contributed by atoms with Crippen molar-refractivity contribution in [3.63, 3.8) is 0 Å². The summed E-state index contributed by atoms with van der Waals surface area (Å²) in [5, 5.41) is 0. The van der Waals surface area contributed by atoms with Gasteiger partial charge < -0.3 is 0 Å². The van der Waals surface area contributed by atoms with Crippen LogP contribution in [0.15, 0.2) is 12.7 Å². The molecule has 0 fully saturated rings. The predicted octanol–water partition coefficient (Wildman–Crippen LogP) is 1.95. The topological polar surface area (TPSA) is 38.3 Å². The Morgan fingerprint density at radius 1 is 1.54 bits per heavy atom. The van der Waals surface area contributed by atoms with E-state index in [0.29, 0.717) is 6.61 Å². The van der Waals surface area contributed by atoms with Crippen LogP contribution in [0.25, 0.3) is 0 Å². The summed E-state index contributed by atoms with van der Waals surface area (Å²) in [5.41, 5.74) is 2.28. The fourth-order valence-electron chi connectivity index (χ4n) is 0.838. The van der Waals surface area contributed by atoms with Crippen molar-refractivity contribution < 1.29 is 9.63 Å². The van der Waals surface area contributed by atoms with Crippen LogP contribution in [0.4, 0.5) is 0 Å². The smallest absolute Gasteiger partial charge is 0.266 e. The lowest BCUT2D eigenvalue weighted by atomic mass is 10.5. The van der Waals surface area contributed by atoms with Gasteiger partial charge in [-0.1, -0.05) is 32.3 Å². The monoisotopic (exact) mass is 201 g/mol. The minimum Gasteiger partial charge on any atom is -0.273 e. The van der Waals surface area contributed by atoms with Gasteiger partial charge >= 0.3 is 0 Å². The van der Waals surface area contributed by atoms with Crippen LogP contribution in [-0.4, -0.2) is 20.6 Å². The molecule has 0 aromatic carbocycles. The molecule has 0 aromatic heterocycles. The van der Waals surface area contributed by atoms with Crippen LogP contribution in [0.5, 0.6) is 0 Å². The van der Waals surface area contributed by atoms with Gasteiger partial charge in [-0.25, -0.2) is 5.48 Å². The van der Waals surface area contributed by atoms with E-state index >= 15 is 0 Å². The minimum atomic E-state index is -0.956. The Morgan fingerprint density at radius 3 is 2.62 bits per heavy atom. The molecule has 76 valence electrons. The maximum atomic E-state index is 10.6. The molecule has 13 heavy (non-hydrogen) atoms. The van der Waals surface area contributed by atoms with Crippen molar-refractivity contribution in [1.29, 1.82) is 0 Å². The van der Waals surface area contributed by atoms with Gasteiger partial charge in [-0.15, -0.1) is 0 Å². The summed E-state index contributed by atoms with van der Waals surface area (Å²) in [6.07, 6.45) is 2.20. The SMILES string of the molecule is C=CC(=O)NOCCC[Si](C)(C)C. The first kappa shape index (κ1) is 12.4. The first-order valence-electron chi connectivity index (χ1n) is 4.50. The Hall–Kier alpha value is -0.613. The van der Waals surface area contributed by atoms with Gasteiger partial charge in [-0.2, -0.15) is 0 Å². The zero-order chi connectivity index (χ0) is 10.3. The van der Waals surface area contributed by atoms with Gasteiger partial charge in [0.05, 0.1) is 6.61 Å². The summed E-state index contributed by atoms with van der Waals surface area (Å²) in [7, 11) is -0.956. The van der Waals surface area contributed by atoms with Gasteiger partial charge in [0.1, 0.15) is 0 Å². The van der Waals surface area contributed by atoms with Crippen molar-refractivity contribution in [2.24, 2.45) is 0 Å². The average molecular weight is 201 g/mol. The van der Waals surface area contributed by atoms with E-state index in [4.69, 9.17) is 4.84 Å². The van der Waals surface area contributed by atoms with Gasteiger partial charge in [0, 0.05) is 8.07 Å². The Balaban J connectivity index is 3.27. The van der Waals surface area contributed by atoms with Crippen molar-refractivity contribution in [3.05, 3.63) is 12.7 Å². The number of hydrogen-bond donors (Lipinski definition) is 1. The summed E-state index contributed by atoms with van der Waals surface area (Å²) < 4.78 is 0. The molecular formula is C9H19NO2Si. The van der Waals surface area contributed by atoms with Crippen molar-refractivity contribution >= 4 is 14.0 Å². The zero-order valence-corrected chi connectivity index (χ0v) is 9.72. The number of carbonyl (C=O) groups is 1. The average Bonchev–Trinajstić information content (AvgIpc) is 2.01. The predicted molar refractivity (Wildman–Crippen MR) is 57.1 cm³/mol. The number of rotatable bonds is 6. The molecular weight excluding hydrogens is 182 g/mol. The fourth-order valence-corrected chi connectivity index (χ4v) is 2.04. The summed E-state index contributed by atoms with van der Waals surface area (Å²) in [4.78, 5) is 15.6. The third-order valence-corrected chi connectivity index (χ3v) is 3.38. The van der Waals surface area contributed by atoms with E-state index in [-0.39, 0.29) is 5.91 Å². The molecule has 0 aromatic rings. The Bertz CT molecular complexity index is 175. The van der Waals surface area contributed by atoms with E-state index in [0.717, 1.165) is 6.42 Å². The van der Waals surface area contributed by atoms with Crippen LogP contribution in [0, 0.1) is 0 Å². The second kappa shape index (κ2) is 5.94. The van der Waals surface area contributed by atoms with Gasteiger partial charge in [0.25, 0.3) is 5.91 Å². The fraction of sp³-hybridized carbons (Fsp3) is 0.667. The lowest BCUT2D eigenvalue weighted by molar-refractivity contribution is -0.128. The van der Waals surface area contributed by atoms with E-state index < -0.39 is 8.07 Å². The summed E-state index contributed by atoms with van der Waals surface area (Å²) in [6.45, 7) is 10.8. The molecule has 1 N–H and O–H groups in total.